The van der Waals surface area contributed by atoms with Crippen LogP contribution in [0.3, 0.4) is 0 Å². The molecule has 0 N–H and O–H groups in total. The van der Waals surface area contributed by atoms with Crippen LogP contribution in [-0.2, 0) is 14.2 Å². The zero-order valence-electron chi connectivity index (χ0n) is 13.9. The number of hydrogen-bond donors (Lipinski definition) is 0. The highest BCUT2D eigenvalue weighted by molar-refractivity contribution is 5.88. The molecule has 130 valence electrons. The Morgan fingerprint density at radius 2 is 1.79 bits per heavy atom. The monoisotopic (exact) mass is 336 g/mol. The molecule has 2 rings (SSSR count). The first-order valence-corrected chi connectivity index (χ1v) is 7.74. The van der Waals surface area contributed by atoms with E-state index in [9.17, 15) is 14.9 Å². The van der Waals surface area contributed by atoms with Gasteiger partial charge in [0.05, 0.1) is 11.0 Å². The molecule has 1 aromatic carbocycles. The molecule has 0 aliphatic carbocycles. The molecule has 24 heavy (non-hydrogen) atoms. The highest BCUT2D eigenvalue weighted by atomic mass is 16.7. The lowest BCUT2D eigenvalue weighted by Gasteiger charge is -2.24. The predicted octanol–water partition coefficient (Wildman–Crippen LogP) is 2.15. The number of nitrogens with zero attached hydrogens (tertiary/aromatic N) is 2. The van der Waals surface area contributed by atoms with Gasteiger partial charge in [-0.15, -0.1) is 0 Å². The minimum absolute atomic E-state index is 0.0612. The number of ether oxygens (including phenoxy) is 3. The van der Waals surface area contributed by atoms with E-state index in [0.29, 0.717) is 9.16 Å². The van der Waals surface area contributed by atoms with Crippen molar-refractivity contribution in [1.29, 1.82) is 0 Å². The van der Waals surface area contributed by atoms with Crippen LogP contribution in [0.25, 0.3) is 11.0 Å². The molecule has 1 heterocycles. The SMILES string of the molecule is CCOC(=O)c1c(C(OCC)OCC)n([O-])c2ccccc2[n+]1=O. The van der Waals surface area contributed by atoms with Crippen molar-refractivity contribution in [1.82, 2.24) is 4.73 Å². The maximum absolute atomic E-state index is 12.8. The number of rotatable bonds is 7. The lowest BCUT2D eigenvalue weighted by molar-refractivity contribution is -0.470. The number of carbonyl (C=O) groups excluding carboxylic acids is 1. The summed E-state index contributed by atoms with van der Waals surface area (Å²) < 4.78 is 16.7. The van der Waals surface area contributed by atoms with E-state index in [1.807, 2.05) is 0 Å². The zero-order valence-corrected chi connectivity index (χ0v) is 13.9. The summed E-state index contributed by atoms with van der Waals surface area (Å²) in [6.45, 7) is 5.59. The van der Waals surface area contributed by atoms with Gasteiger partial charge >= 0.3 is 11.7 Å². The molecule has 8 nitrogen and oxygen atoms in total. The summed E-state index contributed by atoms with van der Waals surface area (Å²) in [6.07, 6.45) is -1.15. The van der Waals surface area contributed by atoms with Crippen molar-refractivity contribution in [3.05, 3.63) is 45.8 Å². The summed E-state index contributed by atoms with van der Waals surface area (Å²) >= 11 is 0. The van der Waals surface area contributed by atoms with Crippen molar-refractivity contribution in [3.63, 3.8) is 0 Å². The van der Waals surface area contributed by atoms with Crippen LogP contribution in [0.2, 0.25) is 0 Å². The minimum Gasteiger partial charge on any atom is -0.805 e. The van der Waals surface area contributed by atoms with E-state index in [4.69, 9.17) is 14.2 Å². The van der Waals surface area contributed by atoms with E-state index < -0.39 is 18.0 Å². The maximum atomic E-state index is 12.8. The van der Waals surface area contributed by atoms with Gasteiger partial charge in [-0.05, 0) is 26.8 Å². The standard InChI is InChI=1S/C16H20N2O6/c1-4-22-15(19)13-14(16(23-5-2)24-6-3)18(21)12-10-8-7-9-11(12)17(13)20/h7-10,16H,4-6H2,1-3H3. The van der Waals surface area contributed by atoms with Gasteiger partial charge in [-0.2, -0.15) is 0 Å². The van der Waals surface area contributed by atoms with Crippen LogP contribution in [0, 0.1) is 10.1 Å². The molecule has 0 amide bonds. The minimum atomic E-state index is -1.15. The van der Waals surface area contributed by atoms with E-state index >= 15 is 0 Å². The smallest absolute Gasteiger partial charge is 0.411 e. The van der Waals surface area contributed by atoms with Gasteiger partial charge in [0.1, 0.15) is 5.52 Å². The number of hydrogen-bond acceptors (Lipinski definition) is 6. The molecule has 8 heteroatoms. The average Bonchev–Trinajstić information content (AvgIpc) is 2.58. The third-order valence-corrected chi connectivity index (χ3v) is 3.31. The van der Waals surface area contributed by atoms with Gasteiger partial charge in [0, 0.05) is 24.2 Å². The fourth-order valence-corrected chi connectivity index (χ4v) is 2.36. The second-order valence-corrected chi connectivity index (χ2v) is 4.77. The fraction of sp³-hybridized carbons (Fsp3) is 0.438. The van der Waals surface area contributed by atoms with Crippen LogP contribution in [0.15, 0.2) is 24.3 Å². The Hall–Kier alpha value is -2.45. The number of esters is 1. The third-order valence-electron chi connectivity index (χ3n) is 3.31. The Balaban J connectivity index is 2.82. The van der Waals surface area contributed by atoms with Gasteiger partial charge in [-0.25, -0.2) is 4.79 Å². The predicted molar refractivity (Wildman–Crippen MR) is 86.0 cm³/mol. The second kappa shape index (κ2) is 7.89. The van der Waals surface area contributed by atoms with Crippen LogP contribution in [-0.4, -0.2) is 30.5 Å². The molecular weight excluding hydrogens is 316 g/mol. The molecule has 0 radical (unpaired) electrons. The van der Waals surface area contributed by atoms with Crippen molar-refractivity contribution in [2.24, 2.45) is 0 Å². The molecule has 0 unspecified atom stereocenters. The van der Waals surface area contributed by atoms with E-state index in [-0.39, 0.29) is 36.5 Å². The largest absolute Gasteiger partial charge is 0.805 e. The second-order valence-electron chi connectivity index (χ2n) is 4.77. The number of benzene rings is 1. The lowest BCUT2D eigenvalue weighted by atomic mass is 10.2. The molecule has 0 aliphatic heterocycles. The first-order chi connectivity index (χ1) is 11.6. The molecule has 0 atom stereocenters. The topological polar surface area (TPSA) is 95.7 Å². The zero-order chi connectivity index (χ0) is 17.7. The molecular formula is C16H20N2O6. The quantitative estimate of drug-likeness (QED) is 0.437. The van der Waals surface area contributed by atoms with E-state index in [0.717, 1.165) is 0 Å². The van der Waals surface area contributed by atoms with Crippen LogP contribution in [0.5, 0.6) is 0 Å². The average molecular weight is 336 g/mol. The number of para-hydroxylation sites is 2. The first kappa shape index (κ1) is 17.9. The normalized spacial score (nSPS) is 11.2. The first-order valence-electron chi connectivity index (χ1n) is 7.74. The van der Waals surface area contributed by atoms with Gasteiger partial charge in [-0.1, -0.05) is 12.1 Å². The van der Waals surface area contributed by atoms with Crippen molar-refractivity contribution >= 4 is 17.0 Å². The number of aromatic nitrogens is 2. The molecule has 0 spiro atoms. The molecule has 1 aromatic heterocycles. The third kappa shape index (κ3) is 3.24. The Morgan fingerprint density at radius 3 is 2.38 bits per heavy atom. The Morgan fingerprint density at radius 1 is 1.17 bits per heavy atom. The molecule has 2 aromatic rings. The Kier molecular flexibility index (Phi) is 5.88. The summed E-state index contributed by atoms with van der Waals surface area (Å²) in [5.74, 6) is -0.901. The lowest BCUT2D eigenvalue weighted by Crippen LogP contribution is -2.34. The van der Waals surface area contributed by atoms with Gasteiger partial charge in [0.15, 0.2) is 5.69 Å². The van der Waals surface area contributed by atoms with E-state index in [1.165, 1.54) is 12.1 Å². The van der Waals surface area contributed by atoms with E-state index in [1.54, 1.807) is 32.9 Å². The summed E-state index contributed by atoms with van der Waals surface area (Å²) in [5.41, 5.74) is -0.477. The molecule has 0 aliphatic rings. The summed E-state index contributed by atoms with van der Waals surface area (Å²) in [5, 5.41) is 12.8. The highest BCUT2D eigenvalue weighted by Gasteiger charge is 2.35. The van der Waals surface area contributed by atoms with Gasteiger partial charge in [-0.3, -0.25) is 0 Å². The van der Waals surface area contributed by atoms with Crippen molar-refractivity contribution in [2.75, 3.05) is 19.8 Å². The number of fused-ring (bicyclic) bond motifs is 1. The fourth-order valence-electron chi connectivity index (χ4n) is 2.36. The van der Waals surface area contributed by atoms with E-state index in [2.05, 4.69) is 0 Å². The van der Waals surface area contributed by atoms with Crippen molar-refractivity contribution < 1.29 is 23.4 Å². The summed E-state index contributed by atoms with van der Waals surface area (Å²) in [7, 11) is 0. The Labute approximate surface area is 138 Å². The van der Waals surface area contributed by atoms with Crippen molar-refractivity contribution in [2.45, 2.75) is 27.1 Å². The van der Waals surface area contributed by atoms with Gasteiger partial charge in [0.25, 0.3) is 5.52 Å². The summed E-state index contributed by atoms with van der Waals surface area (Å²) in [6, 6.07) is 6.18. The maximum Gasteiger partial charge on any atom is 0.411 e. The molecule has 0 bridgehead atoms. The summed E-state index contributed by atoms with van der Waals surface area (Å²) in [4.78, 5) is 25.0. The van der Waals surface area contributed by atoms with Crippen LogP contribution >= 0.6 is 0 Å². The Bertz CT molecular complexity index is 780. The molecule has 0 fully saturated rings. The molecule has 0 saturated carbocycles. The van der Waals surface area contributed by atoms with Crippen molar-refractivity contribution in [3.8, 4) is 0 Å². The number of carbonyl (C=O) groups is 1. The highest BCUT2D eigenvalue weighted by Crippen LogP contribution is 2.25. The van der Waals surface area contributed by atoms with Crippen LogP contribution < -0.4 is 4.43 Å². The van der Waals surface area contributed by atoms with Crippen LogP contribution in [0.4, 0.5) is 0 Å². The van der Waals surface area contributed by atoms with Gasteiger partial charge < -0.3 is 24.1 Å². The van der Waals surface area contributed by atoms with Crippen LogP contribution in [0.1, 0.15) is 43.2 Å². The van der Waals surface area contributed by atoms with Gasteiger partial charge in [0.2, 0.25) is 6.29 Å². The molecule has 0 saturated heterocycles.